The van der Waals surface area contributed by atoms with E-state index in [9.17, 15) is 4.79 Å². The number of fused-ring (bicyclic) bond motifs is 1. The maximum atomic E-state index is 12.2. The van der Waals surface area contributed by atoms with E-state index in [2.05, 4.69) is 15.7 Å². The van der Waals surface area contributed by atoms with Crippen molar-refractivity contribution in [1.82, 2.24) is 20.4 Å². The molecular weight excluding hydrogens is 252 g/mol. The van der Waals surface area contributed by atoms with Gasteiger partial charge < -0.3 is 10.6 Å². The summed E-state index contributed by atoms with van der Waals surface area (Å²) in [7, 11) is 1.87. The largest absolute Gasteiger partial charge is 0.349 e. The molecule has 1 saturated carbocycles. The molecule has 1 amide bonds. The monoisotopic (exact) mass is 270 g/mol. The summed E-state index contributed by atoms with van der Waals surface area (Å²) in [6, 6.07) is 0.378. The lowest BCUT2D eigenvalue weighted by atomic mass is 10.2. The van der Waals surface area contributed by atoms with Crippen LogP contribution in [-0.2, 0) is 7.05 Å². The lowest BCUT2D eigenvalue weighted by Crippen LogP contribution is -2.33. The zero-order chi connectivity index (χ0) is 12.2. The molecule has 6 heteroatoms. The van der Waals surface area contributed by atoms with Crippen LogP contribution < -0.4 is 10.6 Å². The molecule has 2 N–H and O–H groups in total. The Morgan fingerprint density at radius 3 is 2.50 bits per heavy atom. The molecular formula is C12H19ClN4O. The molecule has 2 atom stereocenters. The van der Waals surface area contributed by atoms with Crippen molar-refractivity contribution < 1.29 is 4.79 Å². The normalized spacial score (nSPS) is 28.5. The molecule has 5 nitrogen and oxygen atoms in total. The molecule has 0 aromatic carbocycles. The smallest absolute Gasteiger partial charge is 0.255 e. The maximum Gasteiger partial charge on any atom is 0.255 e. The van der Waals surface area contributed by atoms with E-state index in [0.717, 1.165) is 30.0 Å². The number of nitrogens with zero attached hydrogens (tertiary/aromatic N) is 2. The van der Waals surface area contributed by atoms with Crippen molar-refractivity contribution in [3.8, 4) is 0 Å². The Morgan fingerprint density at radius 2 is 2.00 bits per heavy atom. The van der Waals surface area contributed by atoms with E-state index in [0.29, 0.717) is 17.9 Å². The fourth-order valence-electron chi connectivity index (χ4n) is 2.96. The van der Waals surface area contributed by atoms with E-state index in [4.69, 9.17) is 0 Å². The second-order valence-electron chi connectivity index (χ2n) is 5.15. The van der Waals surface area contributed by atoms with E-state index >= 15 is 0 Å². The van der Waals surface area contributed by atoms with Gasteiger partial charge in [-0.25, -0.2) is 0 Å². The predicted octanol–water partition coefficient (Wildman–Crippen LogP) is 0.406. The number of amides is 1. The first-order chi connectivity index (χ1) is 8.09. The number of halogens is 1. The fourth-order valence-corrected chi connectivity index (χ4v) is 2.96. The Morgan fingerprint density at radius 1 is 1.39 bits per heavy atom. The van der Waals surface area contributed by atoms with Gasteiger partial charge in [-0.05, 0) is 25.7 Å². The van der Waals surface area contributed by atoms with Crippen LogP contribution in [0.15, 0.2) is 0 Å². The molecule has 1 saturated heterocycles. The van der Waals surface area contributed by atoms with Crippen LogP contribution in [0.3, 0.4) is 0 Å². The Hall–Kier alpha value is -1.07. The number of hydrogen-bond donors (Lipinski definition) is 2. The minimum Gasteiger partial charge on any atom is -0.349 e. The summed E-state index contributed by atoms with van der Waals surface area (Å²) >= 11 is 0. The molecule has 1 aromatic heterocycles. The molecule has 2 unspecified atom stereocenters. The van der Waals surface area contributed by atoms with Crippen LogP contribution in [0.25, 0.3) is 0 Å². The predicted molar refractivity (Wildman–Crippen MR) is 71.0 cm³/mol. The highest BCUT2D eigenvalue weighted by Crippen LogP contribution is 2.41. The Labute approximate surface area is 113 Å². The molecule has 1 aromatic rings. The molecule has 1 aliphatic carbocycles. The van der Waals surface area contributed by atoms with Crippen LogP contribution in [0.4, 0.5) is 0 Å². The van der Waals surface area contributed by atoms with Gasteiger partial charge in [0.05, 0.1) is 11.3 Å². The van der Waals surface area contributed by atoms with Gasteiger partial charge in [0.2, 0.25) is 0 Å². The lowest BCUT2D eigenvalue weighted by molar-refractivity contribution is 0.0945. The maximum absolute atomic E-state index is 12.2. The van der Waals surface area contributed by atoms with Crippen LogP contribution in [0.1, 0.15) is 21.7 Å². The zero-order valence-corrected chi connectivity index (χ0v) is 11.7. The molecule has 2 heterocycles. The number of piperidine rings is 1. The van der Waals surface area contributed by atoms with Gasteiger partial charge in [0.25, 0.3) is 5.91 Å². The van der Waals surface area contributed by atoms with E-state index in [-0.39, 0.29) is 18.3 Å². The molecule has 0 radical (unpaired) electrons. The van der Waals surface area contributed by atoms with Gasteiger partial charge in [-0.15, -0.1) is 12.4 Å². The fraction of sp³-hybridized carbons (Fsp3) is 0.667. The van der Waals surface area contributed by atoms with Crippen molar-refractivity contribution in [3.63, 3.8) is 0 Å². The molecule has 2 fully saturated rings. The van der Waals surface area contributed by atoms with Gasteiger partial charge in [-0.3, -0.25) is 9.48 Å². The number of carbonyl (C=O) groups excluding carboxylic acids is 1. The summed E-state index contributed by atoms with van der Waals surface area (Å²) in [5, 5.41) is 10.7. The van der Waals surface area contributed by atoms with Crippen LogP contribution >= 0.6 is 12.4 Å². The van der Waals surface area contributed by atoms with Gasteiger partial charge in [0, 0.05) is 31.9 Å². The standard InChI is InChI=1S/C12H18N4O.ClH/c1-6-10(7(2)16(3)15-6)12(17)14-11-8-4-13-5-9(8)11;/h8-9,11,13H,4-5H2,1-3H3,(H,14,17);1H. The van der Waals surface area contributed by atoms with Crippen LogP contribution in [0.2, 0.25) is 0 Å². The molecule has 3 rings (SSSR count). The van der Waals surface area contributed by atoms with Gasteiger partial charge in [-0.1, -0.05) is 0 Å². The first-order valence-corrected chi connectivity index (χ1v) is 6.11. The van der Waals surface area contributed by atoms with Crippen molar-refractivity contribution in [2.75, 3.05) is 13.1 Å². The number of carbonyl (C=O) groups is 1. The third-order valence-electron chi connectivity index (χ3n) is 4.13. The minimum atomic E-state index is 0. The van der Waals surface area contributed by atoms with Crippen molar-refractivity contribution in [2.24, 2.45) is 18.9 Å². The highest BCUT2D eigenvalue weighted by Gasteiger charge is 2.53. The van der Waals surface area contributed by atoms with Gasteiger partial charge >= 0.3 is 0 Å². The number of aryl methyl sites for hydroxylation is 2. The first kappa shape index (κ1) is 13.4. The molecule has 0 bridgehead atoms. The number of nitrogens with one attached hydrogen (secondary N) is 2. The summed E-state index contributed by atoms with van der Waals surface area (Å²) < 4.78 is 1.76. The molecule has 1 aliphatic heterocycles. The van der Waals surface area contributed by atoms with Gasteiger partial charge in [0.1, 0.15) is 0 Å². The number of hydrogen-bond acceptors (Lipinski definition) is 3. The second-order valence-corrected chi connectivity index (χ2v) is 5.15. The average Bonchev–Trinajstić information content (AvgIpc) is 2.63. The van der Waals surface area contributed by atoms with E-state index in [1.54, 1.807) is 4.68 Å². The van der Waals surface area contributed by atoms with E-state index in [1.165, 1.54) is 0 Å². The second kappa shape index (κ2) is 4.55. The molecule has 0 spiro atoms. The third-order valence-corrected chi connectivity index (χ3v) is 4.13. The number of aromatic nitrogens is 2. The highest BCUT2D eigenvalue weighted by atomic mass is 35.5. The number of rotatable bonds is 2. The molecule has 2 aliphatic rings. The summed E-state index contributed by atoms with van der Waals surface area (Å²) in [6.45, 7) is 5.91. The Kier molecular flexibility index (Phi) is 3.38. The van der Waals surface area contributed by atoms with Crippen LogP contribution in [0.5, 0.6) is 0 Å². The van der Waals surface area contributed by atoms with Crippen molar-refractivity contribution >= 4 is 18.3 Å². The average molecular weight is 271 g/mol. The van der Waals surface area contributed by atoms with Crippen LogP contribution in [-0.4, -0.2) is 34.8 Å². The van der Waals surface area contributed by atoms with E-state index in [1.807, 2.05) is 20.9 Å². The van der Waals surface area contributed by atoms with Gasteiger partial charge in [-0.2, -0.15) is 5.10 Å². The third kappa shape index (κ3) is 1.91. The quantitative estimate of drug-likeness (QED) is 0.818. The first-order valence-electron chi connectivity index (χ1n) is 6.11. The lowest BCUT2D eigenvalue weighted by Gasteiger charge is -2.07. The van der Waals surface area contributed by atoms with E-state index < -0.39 is 0 Å². The summed E-state index contributed by atoms with van der Waals surface area (Å²) in [5.74, 6) is 1.33. The van der Waals surface area contributed by atoms with Crippen LogP contribution in [0, 0.1) is 25.7 Å². The van der Waals surface area contributed by atoms with Crippen molar-refractivity contribution in [3.05, 3.63) is 17.0 Å². The molecule has 18 heavy (non-hydrogen) atoms. The summed E-state index contributed by atoms with van der Waals surface area (Å²) in [6.07, 6.45) is 0. The van der Waals surface area contributed by atoms with Crippen molar-refractivity contribution in [2.45, 2.75) is 19.9 Å². The summed E-state index contributed by atoms with van der Waals surface area (Å²) in [4.78, 5) is 12.2. The molecule has 100 valence electrons. The Bertz CT molecular complexity index is 475. The topological polar surface area (TPSA) is 59.0 Å². The highest BCUT2D eigenvalue weighted by molar-refractivity contribution is 5.96. The minimum absolute atomic E-state index is 0. The SMILES string of the molecule is Cc1nn(C)c(C)c1C(=O)NC1C2CNCC21.Cl. The zero-order valence-electron chi connectivity index (χ0n) is 10.9. The van der Waals surface area contributed by atoms with Gasteiger partial charge in [0.15, 0.2) is 0 Å². The Balaban J connectivity index is 0.00000120. The summed E-state index contributed by atoms with van der Waals surface area (Å²) in [5.41, 5.74) is 2.49. The van der Waals surface area contributed by atoms with Crippen molar-refractivity contribution in [1.29, 1.82) is 0 Å².